The van der Waals surface area contributed by atoms with E-state index in [2.05, 4.69) is 61.3 Å². The largest absolute Gasteiger partial charge is 0.311 e. The van der Waals surface area contributed by atoms with E-state index in [9.17, 15) is 0 Å². The summed E-state index contributed by atoms with van der Waals surface area (Å²) in [4.78, 5) is 2.66. The topological polar surface area (TPSA) is 15.3 Å². The van der Waals surface area contributed by atoms with Crippen LogP contribution in [0.1, 0.15) is 32.8 Å². The number of hydrogen-bond acceptors (Lipinski definition) is 2. The van der Waals surface area contributed by atoms with Crippen molar-refractivity contribution in [3.05, 3.63) is 35.9 Å². The summed E-state index contributed by atoms with van der Waals surface area (Å²) in [5.41, 5.74) is 1.44. The molecule has 2 heteroatoms. The summed E-state index contributed by atoms with van der Waals surface area (Å²) in [5.74, 6) is 0.804. The first kappa shape index (κ1) is 14.5. The maximum Gasteiger partial charge on any atom is 0.0236 e. The summed E-state index contributed by atoms with van der Waals surface area (Å²) >= 11 is 0. The molecule has 0 saturated carbocycles. The standard InChI is InChI=1S/C17H28N2/c1-4-14(2)12-19-13-17(18-11-15(19)3)10-16-8-6-5-7-9-16/h5-9,14-15,17-18H,4,10-13H2,1-3H3. The van der Waals surface area contributed by atoms with Crippen molar-refractivity contribution in [1.82, 2.24) is 10.2 Å². The van der Waals surface area contributed by atoms with Crippen LogP contribution in [0.2, 0.25) is 0 Å². The van der Waals surface area contributed by atoms with Gasteiger partial charge in [-0.2, -0.15) is 0 Å². The zero-order valence-corrected chi connectivity index (χ0v) is 12.6. The van der Waals surface area contributed by atoms with E-state index in [0.717, 1.165) is 18.9 Å². The van der Waals surface area contributed by atoms with Gasteiger partial charge in [0, 0.05) is 31.7 Å². The van der Waals surface area contributed by atoms with Gasteiger partial charge in [0.25, 0.3) is 0 Å². The van der Waals surface area contributed by atoms with Crippen molar-refractivity contribution in [3.8, 4) is 0 Å². The Kier molecular flexibility index (Phi) is 5.41. The first-order valence-corrected chi connectivity index (χ1v) is 7.70. The van der Waals surface area contributed by atoms with Gasteiger partial charge in [0.15, 0.2) is 0 Å². The summed E-state index contributed by atoms with van der Waals surface area (Å²) in [6.45, 7) is 10.5. The minimum Gasteiger partial charge on any atom is -0.311 e. The molecular formula is C17H28N2. The van der Waals surface area contributed by atoms with Crippen LogP contribution in [0.3, 0.4) is 0 Å². The fourth-order valence-electron chi connectivity index (χ4n) is 2.81. The average molecular weight is 260 g/mol. The van der Waals surface area contributed by atoms with E-state index < -0.39 is 0 Å². The molecule has 0 bridgehead atoms. The number of hydrogen-bond donors (Lipinski definition) is 1. The lowest BCUT2D eigenvalue weighted by atomic mass is 10.00. The third kappa shape index (κ3) is 4.32. The first-order valence-electron chi connectivity index (χ1n) is 7.70. The van der Waals surface area contributed by atoms with Gasteiger partial charge in [-0.25, -0.2) is 0 Å². The Morgan fingerprint density at radius 1 is 1.32 bits per heavy atom. The van der Waals surface area contributed by atoms with E-state index >= 15 is 0 Å². The summed E-state index contributed by atoms with van der Waals surface area (Å²) < 4.78 is 0. The SMILES string of the molecule is CCC(C)CN1CC(Cc2ccccc2)NCC1C. The van der Waals surface area contributed by atoms with Crippen LogP contribution in [-0.2, 0) is 6.42 Å². The number of piperazine rings is 1. The van der Waals surface area contributed by atoms with Crippen molar-refractivity contribution in [2.24, 2.45) is 5.92 Å². The van der Waals surface area contributed by atoms with E-state index in [1.54, 1.807) is 0 Å². The van der Waals surface area contributed by atoms with Gasteiger partial charge in [0.2, 0.25) is 0 Å². The Hall–Kier alpha value is -0.860. The number of nitrogens with one attached hydrogen (secondary N) is 1. The molecule has 1 N–H and O–H groups in total. The van der Waals surface area contributed by atoms with E-state index in [-0.39, 0.29) is 0 Å². The molecule has 0 aliphatic carbocycles. The van der Waals surface area contributed by atoms with Crippen LogP contribution in [0, 0.1) is 5.92 Å². The van der Waals surface area contributed by atoms with Gasteiger partial charge in [-0.05, 0) is 24.8 Å². The van der Waals surface area contributed by atoms with Crippen molar-refractivity contribution in [2.75, 3.05) is 19.6 Å². The van der Waals surface area contributed by atoms with Gasteiger partial charge in [-0.15, -0.1) is 0 Å². The Morgan fingerprint density at radius 3 is 2.74 bits per heavy atom. The average Bonchev–Trinajstić information content (AvgIpc) is 2.43. The van der Waals surface area contributed by atoms with Crippen LogP contribution in [0.25, 0.3) is 0 Å². The second-order valence-corrected chi connectivity index (χ2v) is 6.11. The molecule has 1 aromatic rings. The maximum absolute atomic E-state index is 3.70. The molecule has 1 aliphatic rings. The van der Waals surface area contributed by atoms with Gasteiger partial charge in [-0.3, -0.25) is 4.90 Å². The second kappa shape index (κ2) is 7.06. The lowest BCUT2D eigenvalue weighted by Crippen LogP contribution is -2.56. The van der Waals surface area contributed by atoms with Crippen LogP contribution in [0.15, 0.2) is 30.3 Å². The minimum atomic E-state index is 0.600. The molecule has 1 saturated heterocycles. The van der Waals surface area contributed by atoms with Gasteiger partial charge in [-0.1, -0.05) is 50.6 Å². The van der Waals surface area contributed by atoms with Crippen LogP contribution < -0.4 is 5.32 Å². The van der Waals surface area contributed by atoms with Gasteiger partial charge >= 0.3 is 0 Å². The predicted octanol–water partition coefficient (Wildman–Crippen LogP) is 2.94. The maximum atomic E-state index is 3.70. The summed E-state index contributed by atoms with van der Waals surface area (Å²) in [6.07, 6.45) is 2.42. The normalized spacial score (nSPS) is 26.3. The van der Waals surface area contributed by atoms with Crippen LogP contribution in [0.5, 0.6) is 0 Å². The predicted molar refractivity (Wildman–Crippen MR) is 82.4 cm³/mol. The lowest BCUT2D eigenvalue weighted by molar-refractivity contribution is 0.122. The summed E-state index contributed by atoms with van der Waals surface area (Å²) in [6, 6.07) is 12.1. The quantitative estimate of drug-likeness (QED) is 0.875. The van der Waals surface area contributed by atoms with Gasteiger partial charge < -0.3 is 5.32 Å². The van der Waals surface area contributed by atoms with Crippen molar-refractivity contribution in [1.29, 1.82) is 0 Å². The summed E-state index contributed by atoms with van der Waals surface area (Å²) in [5, 5.41) is 3.70. The molecule has 0 amide bonds. The second-order valence-electron chi connectivity index (χ2n) is 6.11. The molecule has 106 valence electrons. The highest BCUT2D eigenvalue weighted by Crippen LogP contribution is 2.14. The van der Waals surface area contributed by atoms with Gasteiger partial charge in [0.05, 0.1) is 0 Å². The van der Waals surface area contributed by atoms with Crippen molar-refractivity contribution in [3.63, 3.8) is 0 Å². The molecule has 1 aliphatic heterocycles. The lowest BCUT2D eigenvalue weighted by Gasteiger charge is -2.40. The Balaban J connectivity index is 1.89. The fourth-order valence-corrected chi connectivity index (χ4v) is 2.81. The molecule has 3 unspecified atom stereocenters. The first-order chi connectivity index (χ1) is 9.19. The van der Waals surface area contributed by atoms with Crippen LogP contribution in [-0.4, -0.2) is 36.6 Å². The highest BCUT2D eigenvalue weighted by Gasteiger charge is 2.25. The molecule has 3 atom stereocenters. The highest BCUT2D eigenvalue weighted by molar-refractivity contribution is 5.16. The van der Waals surface area contributed by atoms with Crippen molar-refractivity contribution in [2.45, 2.75) is 45.7 Å². The third-order valence-corrected chi connectivity index (χ3v) is 4.35. The molecular weight excluding hydrogens is 232 g/mol. The Morgan fingerprint density at radius 2 is 2.05 bits per heavy atom. The molecule has 0 radical (unpaired) electrons. The fraction of sp³-hybridized carbons (Fsp3) is 0.647. The zero-order valence-electron chi connectivity index (χ0n) is 12.6. The minimum absolute atomic E-state index is 0.600. The van der Waals surface area contributed by atoms with Crippen LogP contribution in [0.4, 0.5) is 0 Å². The Bertz CT molecular complexity index is 363. The van der Waals surface area contributed by atoms with Gasteiger partial charge in [0.1, 0.15) is 0 Å². The molecule has 0 spiro atoms. The molecule has 2 nitrogen and oxygen atoms in total. The van der Waals surface area contributed by atoms with Crippen LogP contribution >= 0.6 is 0 Å². The smallest absolute Gasteiger partial charge is 0.0236 e. The highest BCUT2D eigenvalue weighted by atomic mass is 15.2. The van der Waals surface area contributed by atoms with E-state index in [1.165, 1.54) is 25.1 Å². The molecule has 19 heavy (non-hydrogen) atoms. The Labute approximate surface area is 118 Å². The van der Waals surface area contributed by atoms with Crippen molar-refractivity contribution >= 4 is 0 Å². The van der Waals surface area contributed by atoms with E-state index in [4.69, 9.17) is 0 Å². The van der Waals surface area contributed by atoms with E-state index in [1.807, 2.05) is 0 Å². The molecule has 1 heterocycles. The van der Waals surface area contributed by atoms with E-state index in [0.29, 0.717) is 12.1 Å². The van der Waals surface area contributed by atoms with Crippen molar-refractivity contribution < 1.29 is 0 Å². The molecule has 0 aromatic heterocycles. The number of rotatable bonds is 5. The number of nitrogens with zero attached hydrogens (tertiary/aromatic N) is 1. The third-order valence-electron chi connectivity index (χ3n) is 4.35. The molecule has 2 rings (SSSR count). The monoisotopic (exact) mass is 260 g/mol. The zero-order chi connectivity index (χ0) is 13.7. The molecule has 1 fully saturated rings. The molecule has 1 aromatic carbocycles. The number of benzene rings is 1. The summed E-state index contributed by atoms with van der Waals surface area (Å²) in [7, 11) is 0.